The number of nitro groups is 1. The van der Waals surface area contributed by atoms with Gasteiger partial charge in [0.2, 0.25) is 0 Å². The second-order valence-corrected chi connectivity index (χ2v) is 9.58. The lowest BCUT2D eigenvalue weighted by molar-refractivity contribution is -0.427. The average Bonchev–Trinajstić information content (AvgIpc) is 2.82. The minimum absolute atomic E-state index is 0.202. The molecule has 0 radical (unpaired) electrons. The molecular formula is C25H35ClN4O2S. The van der Waals surface area contributed by atoms with Gasteiger partial charge in [0.15, 0.2) is 0 Å². The van der Waals surface area contributed by atoms with E-state index >= 15 is 0 Å². The van der Waals surface area contributed by atoms with Crippen molar-refractivity contribution in [1.82, 2.24) is 9.88 Å². The smallest absolute Gasteiger partial charge is 0.323 e. The third-order valence-electron chi connectivity index (χ3n) is 5.79. The Morgan fingerprint density at radius 1 is 1.12 bits per heavy atom. The highest BCUT2D eigenvalue weighted by atomic mass is 35.5. The van der Waals surface area contributed by atoms with Gasteiger partial charge in [0, 0.05) is 22.8 Å². The molecule has 0 fully saturated rings. The van der Waals surface area contributed by atoms with Crippen molar-refractivity contribution < 1.29 is 4.92 Å². The Kier molecular flexibility index (Phi) is 12.3. The van der Waals surface area contributed by atoms with Crippen molar-refractivity contribution in [3.8, 4) is 0 Å². The maximum Gasteiger partial charge on any atom is 0.323 e. The maximum absolute atomic E-state index is 10.8. The number of benzene rings is 1. The molecular weight excluding hydrogens is 456 g/mol. The van der Waals surface area contributed by atoms with Crippen LogP contribution in [0.2, 0.25) is 5.02 Å². The van der Waals surface area contributed by atoms with Gasteiger partial charge in [-0.05, 0) is 86.8 Å². The summed E-state index contributed by atoms with van der Waals surface area (Å²) in [6.45, 7) is 2.05. The number of aromatic nitrogens is 1. The number of rotatable bonds is 15. The van der Waals surface area contributed by atoms with E-state index in [1.165, 1.54) is 17.3 Å². The van der Waals surface area contributed by atoms with Crippen molar-refractivity contribution in [2.24, 2.45) is 5.73 Å². The molecule has 6 nitrogen and oxygen atoms in total. The van der Waals surface area contributed by atoms with E-state index < -0.39 is 4.92 Å². The molecule has 0 saturated carbocycles. The molecule has 0 bridgehead atoms. The Morgan fingerprint density at radius 3 is 2.45 bits per heavy atom. The molecule has 0 aliphatic heterocycles. The fourth-order valence-electron chi connectivity index (χ4n) is 3.86. The first-order valence-corrected chi connectivity index (χ1v) is 13.0. The quantitative estimate of drug-likeness (QED) is 0.179. The fourth-order valence-corrected chi connectivity index (χ4v) is 4.62. The van der Waals surface area contributed by atoms with Crippen LogP contribution in [0.1, 0.15) is 62.1 Å². The standard InChI is InChI=1S/C25H35ClN4O2S/c1-29(18-9-5-3-4-6-11-24(33-2)25(27)30(31)32)19-16-22(23-10-7-8-17-28-23)20-12-14-21(26)15-13-20/h7-8,10,12-15,17,22H,3-6,9,11,16,18-19,27H2,1-2H3. The van der Waals surface area contributed by atoms with E-state index in [9.17, 15) is 10.1 Å². The van der Waals surface area contributed by atoms with Gasteiger partial charge in [-0.1, -0.05) is 49.1 Å². The van der Waals surface area contributed by atoms with E-state index in [-0.39, 0.29) is 11.7 Å². The number of allylic oxidation sites excluding steroid dienone is 1. The van der Waals surface area contributed by atoms with Gasteiger partial charge in [0.25, 0.3) is 0 Å². The average molecular weight is 491 g/mol. The molecule has 0 saturated heterocycles. The maximum atomic E-state index is 10.8. The van der Waals surface area contributed by atoms with Crippen molar-refractivity contribution in [2.75, 3.05) is 26.4 Å². The lowest BCUT2D eigenvalue weighted by Gasteiger charge is -2.22. The molecule has 0 aliphatic carbocycles. The zero-order chi connectivity index (χ0) is 24.1. The second-order valence-electron chi connectivity index (χ2n) is 8.24. The van der Waals surface area contributed by atoms with Gasteiger partial charge in [-0.15, -0.1) is 11.8 Å². The first-order valence-electron chi connectivity index (χ1n) is 11.4. The highest BCUT2D eigenvalue weighted by Gasteiger charge is 2.16. The second kappa shape index (κ2) is 14.9. The van der Waals surface area contributed by atoms with Crippen LogP contribution in [0.5, 0.6) is 0 Å². The number of unbranched alkanes of at least 4 members (excludes halogenated alkanes) is 4. The number of halogens is 1. The number of nitrogens with zero attached hydrogens (tertiary/aromatic N) is 3. The van der Waals surface area contributed by atoms with Gasteiger partial charge >= 0.3 is 5.82 Å². The van der Waals surface area contributed by atoms with Crippen LogP contribution < -0.4 is 5.73 Å². The van der Waals surface area contributed by atoms with Crippen LogP contribution in [-0.2, 0) is 0 Å². The number of nitrogens with two attached hydrogens (primary N) is 1. The Hall–Kier alpha value is -2.09. The molecule has 33 heavy (non-hydrogen) atoms. The Balaban J connectivity index is 1.72. The monoisotopic (exact) mass is 490 g/mol. The van der Waals surface area contributed by atoms with E-state index in [0.29, 0.717) is 11.3 Å². The van der Waals surface area contributed by atoms with Crippen LogP contribution in [0.3, 0.4) is 0 Å². The predicted octanol–water partition coefficient (Wildman–Crippen LogP) is 6.30. The van der Waals surface area contributed by atoms with E-state index in [4.69, 9.17) is 17.3 Å². The molecule has 1 aromatic heterocycles. The topological polar surface area (TPSA) is 85.3 Å². The molecule has 0 spiro atoms. The van der Waals surface area contributed by atoms with Crippen molar-refractivity contribution in [3.05, 3.63) is 85.8 Å². The molecule has 0 aliphatic rings. The minimum atomic E-state index is -0.493. The highest BCUT2D eigenvalue weighted by molar-refractivity contribution is 8.02. The summed E-state index contributed by atoms with van der Waals surface area (Å²) in [4.78, 5) is 18.0. The third kappa shape index (κ3) is 9.74. The molecule has 2 rings (SSSR count). The SMILES string of the molecule is CSC(CCCCCCCN(C)CCC(c1ccc(Cl)cc1)c1ccccn1)=C(N)[N+](=O)[O-]. The summed E-state index contributed by atoms with van der Waals surface area (Å²) in [5, 5.41) is 11.6. The van der Waals surface area contributed by atoms with E-state index in [1.807, 2.05) is 36.7 Å². The summed E-state index contributed by atoms with van der Waals surface area (Å²) in [5.41, 5.74) is 7.87. The van der Waals surface area contributed by atoms with E-state index in [1.54, 1.807) is 0 Å². The molecule has 2 N–H and O–H groups in total. The fraction of sp³-hybridized carbons (Fsp3) is 0.480. The molecule has 8 heteroatoms. The van der Waals surface area contributed by atoms with Crippen LogP contribution in [-0.4, -0.2) is 41.2 Å². The number of thioether (sulfide) groups is 1. The van der Waals surface area contributed by atoms with Crippen LogP contribution in [0, 0.1) is 10.1 Å². The third-order valence-corrected chi connectivity index (χ3v) is 6.95. The van der Waals surface area contributed by atoms with E-state index in [2.05, 4.69) is 35.1 Å². The molecule has 0 amide bonds. The highest BCUT2D eigenvalue weighted by Crippen LogP contribution is 2.28. The van der Waals surface area contributed by atoms with E-state index in [0.717, 1.165) is 62.3 Å². The first kappa shape index (κ1) is 27.2. The van der Waals surface area contributed by atoms with Crippen LogP contribution in [0.4, 0.5) is 0 Å². The van der Waals surface area contributed by atoms with Gasteiger partial charge in [-0.3, -0.25) is 10.7 Å². The molecule has 1 atom stereocenters. The minimum Gasteiger partial charge on any atom is -0.358 e. The lowest BCUT2D eigenvalue weighted by atomic mass is 9.92. The van der Waals surface area contributed by atoms with Gasteiger partial charge in [-0.25, -0.2) is 0 Å². The summed E-state index contributed by atoms with van der Waals surface area (Å²) in [7, 11) is 2.17. The number of hydrogen-bond donors (Lipinski definition) is 1. The van der Waals surface area contributed by atoms with Gasteiger partial charge in [0.1, 0.15) is 0 Å². The van der Waals surface area contributed by atoms with Crippen LogP contribution in [0.25, 0.3) is 0 Å². The van der Waals surface area contributed by atoms with Gasteiger partial charge < -0.3 is 15.0 Å². The summed E-state index contributed by atoms with van der Waals surface area (Å²) < 4.78 is 0. The summed E-state index contributed by atoms with van der Waals surface area (Å²) in [5.74, 6) is 0.0444. The molecule has 1 aromatic carbocycles. The van der Waals surface area contributed by atoms with Gasteiger partial charge in [-0.2, -0.15) is 0 Å². The van der Waals surface area contributed by atoms with Crippen molar-refractivity contribution >= 4 is 23.4 Å². The zero-order valence-electron chi connectivity index (χ0n) is 19.6. The van der Waals surface area contributed by atoms with Crippen LogP contribution in [0.15, 0.2) is 59.4 Å². The number of hydrogen-bond acceptors (Lipinski definition) is 6. The lowest BCUT2D eigenvalue weighted by Crippen LogP contribution is -2.23. The van der Waals surface area contributed by atoms with Crippen molar-refractivity contribution in [1.29, 1.82) is 0 Å². The summed E-state index contributed by atoms with van der Waals surface area (Å²) >= 11 is 7.46. The summed E-state index contributed by atoms with van der Waals surface area (Å²) in [6, 6.07) is 14.2. The Bertz CT molecular complexity index is 878. The zero-order valence-corrected chi connectivity index (χ0v) is 21.2. The molecule has 1 unspecified atom stereocenters. The van der Waals surface area contributed by atoms with Crippen LogP contribution >= 0.6 is 23.4 Å². The number of pyridine rings is 1. The first-order chi connectivity index (χ1) is 15.9. The largest absolute Gasteiger partial charge is 0.358 e. The van der Waals surface area contributed by atoms with Crippen molar-refractivity contribution in [3.63, 3.8) is 0 Å². The molecule has 2 aromatic rings. The Morgan fingerprint density at radius 2 is 1.82 bits per heavy atom. The molecule has 1 heterocycles. The Labute approximate surface area is 206 Å². The normalized spacial score (nSPS) is 13.1. The molecule has 180 valence electrons. The van der Waals surface area contributed by atoms with Crippen molar-refractivity contribution in [2.45, 2.75) is 50.9 Å². The summed E-state index contributed by atoms with van der Waals surface area (Å²) in [6.07, 6.45) is 10.8. The van der Waals surface area contributed by atoms with Gasteiger partial charge in [0.05, 0.1) is 4.91 Å². The predicted molar refractivity (Wildman–Crippen MR) is 139 cm³/mol.